The number of rotatable bonds is 1. The molecule has 2 nitrogen and oxygen atoms in total. The number of hydrogen-bond donors (Lipinski definition) is 0. The topological polar surface area (TPSA) is 21.8 Å². The van der Waals surface area contributed by atoms with Gasteiger partial charge in [0.05, 0.1) is 19.3 Å². The Hall–Kier alpha value is -0.0800. The van der Waals surface area contributed by atoms with Crippen molar-refractivity contribution in [3.8, 4) is 0 Å². The summed E-state index contributed by atoms with van der Waals surface area (Å²) in [5.41, 5.74) is 0. The Morgan fingerprint density at radius 2 is 1.75 bits per heavy atom. The lowest BCUT2D eigenvalue weighted by atomic mass is 9.88. The average Bonchev–Trinajstić information content (AvgIpc) is 2.91. The summed E-state index contributed by atoms with van der Waals surface area (Å²) < 4.78 is 9.80. The summed E-state index contributed by atoms with van der Waals surface area (Å²) in [7, 11) is 1.83. The smallest absolute Gasteiger partial charge is 0.0701 e. The van der Waals surface area contributed by atoms with Crippen molar-refractivity contribution < 1.29 is 9.47 Å². The minimum absolute atomic E-state index is 0.554. The molecule has 0 amide bonds. The standard InChI is InChI=1S/C8H16O.C2H4O/c1-7-5-3-4-6-8(7)9-2;1-2-3-1/h7-8H,3-6H2,1-2H3;1-2H2. The first-order chi connectivity index (χ1) is 5.84. The Morgan fingerprint density at radius 1 is 1.17 bits per heavy atom. The van der Waals surface area contributed by atoms with E-state index in [0.717, 1.165) is 19.1 Å². The highest BCUT2D eigenvalue weighted by Crippen LogP contribution is 2.25. The number of epoxide rings is 1. The van der Waals surface area contributed by atoms with Gasteiger partial charge in [0.25, 0.3) is 0 Å². The lowest BCUT2D eigenvalue weighted by Crippen LogP contribution is -2.23. The number of hydrogen-bond acceptors (Lipinski definition) is 2. The Labute approximate surface area is 75.2 Å². The fourth-order valence-corrected chi connectivity index (χ4v) is 1.63. The first kappa shape index (κ1) is 10.0. The van der Waals surface area contributed by atoms with Crippen LogP contribution in [0.4, 0.5) is 0 Å². The molecule has 1 saturated carbocycles. The van der Waals surface area contributed by atoms with Gasteiger partial charge in [0.2, 0.25) is 0 Å². The molecule has 1 aliphatic carbocycles. The van der Waals surface area contributed by atoms with E-state index < -0.39 is 0 Å². The highest BCUT2D eigenvalue weighted by Gasteiger charge is 2.19. The minimum Gasteiger partial charge on any atom is -0.381 e. The van der Waals surface area contributed by atoms with Crippen LogP contribution in [0.15, 0.2) is 0 Å². The van der Waals surface area contributed by atoms with Crippen LogP contribution < -0.4 is 0 Å². The fraction of sp³-hybridized carbons (Fsp3) is 1.00. The molecular formula is C10H20O2. The quantitative estimate of drug-likeness (QED) is 0.566. The second-order valence-corrected chi connectivity index (χ2v) is 3.65. The Kier molecular flexibility index (Phi) is 4.62. The van der Waals surface area contributed by atoms with Crippen molar-refractivity contribution in [1.29, 1.82) is 0 Å². The third kappa shape index (κ3) is 4.07. The number of ether oxygens (including phenoxy) is 2. The van der Waals surface area contributed by atoms with E-state index in [-0.39, 0.29) is 0 Å². The van der Waals surface area contributed by atoms with Crippen LogP contribution in [0.5, 0.6) is 0 Å². The maximum absolute atomic E-state index is 5.30. The molecule has 0 aromatic rings. The molecule has 0 aromatic carbocycles. The molecule has 0 aromatic heterocycles. The summed E-state index contributed by atoms with van der Waals surface area (Å²) in [4.78, 5) is 0. The van der Waals surface area contributed by atoms with Gasteiger partial charge in [0, 0.05) is 7.11 Å². The minimum atomic E-state index is 0.554. The molecule has 12 heavy (non-hydrogen) atoms. The molecule has 1 heterocycles. The van der Waals surface area contributed by atoms with E-state index in [1.807, 2.05) is 7.11 Å². The van der Waals surface area contributed by atoms with Crippen molar-refractivity contribution in [2.45, 2.75) is 38.7 Å². The Balaban J connectivity index is 0.000000200. The highest BCUT2D eigenvalue weighted by molar-refractivity contribution is 4.71. The predicted octanol–water partition coefficient (Wildman–Crippen LogP) is 2.23. The zero-order valence-corrected chi connectivity index (χ0v) is 8.21. The van der Waals surface area contributed by atoms with Crippen LogP contribution in [0.25, 0.3) is 0 Å². The predicted molar refractivity (Wildman–Crippen MR) is 49.2 cm³/mol. The van der Waals surface area contributed by atoms with Crippen LogP contribution in [-0.4, -0.2) is 26.4 Å². The highest BCUT2D eigenvalue weighted by atomic mass is 16.6. The molecule has 2 aliphatic rings. The molecule has 0 radical (unpaired) electrons. The van der Waals surface area contributed by atoms with Gasteiger partial charge in [0.1, 0.15) is 0 Å². The SMILES string of the molecule is C1CO1.COC1CCCCC1C. The molecule has 2 rings (SSSR count). The van der Waals surface area contributed by atoms with Gasteiger partial charge in [-0.1, -0.05) is 19.8 Å². The molecule has 0 bridgehead atoms. The van der Waals surface area contributed by atoms with Crippen LogP contribution in [-0.2, 0) is 9.47 Å². The van der Waals surface area contributed by atoms with Gasteiger partial charge < -0.3 is 9.47 Å². The van der Waals surface area contributed by atoms with Crippen molar-refractivity contribution >= 4 is 0 Å². The van der Waals surface area contributed by atoms with Gasteiger partial charge in [-0.15, -0.1) is 0 Å². The van der Waals surface area contributed by atoms with Crippen molar-refractivity contribution in [2.24, 2.45) is 5.92 Å². The van der Waals surface area contributed by atoms with Crippen molar-refractivity contribution in [3.63, 3.8) is 0 Å². The zero-order valence-electron chi connectivity index (χ0n) is 8.21. The van der Waals surface area contributed by atoms with E-state index in [0.29, 0.717) is 6.10 Å². The monoisotopic (exact) mass is 172 g/mol. The van der Waals surface area contributed by atoms with Gasteiger partial charge in [-0.2, -0.15) is 0 Å². The van der Waals surface area contributed by atoms with Gasteiger partial charge in [0.15, 0.2) is 0 Å². The lowest BCUT2D eigenvalue weighted by Gasteiger charge is -2.26. The lowest BCUT2D eigenvalue weighted by molar-refractivity contribution is 0.0310. The summed E-state index contributed by atoms with van der Waals surface area (Å²) in [5, 5.41) is 0. The van der Waals surface area contributed by atoms with E-state index in [1.54, 1.807) is 0 Å². The third-order valence-electron chi connectivity index (χ3n) is 2.54. The van der Waals surface area contributed by atoms with Crippen LogP contribution in [0.2, 0.25) is 0 Å². The van der Waals surface area contributed by atoms with E-state index in [9.17, 15) is 0 Å². The molecule has 2 atom stereocenters. The summed E-state index contributed by atoms with van der Waals surface area (Å²) >= 11 is 0. The largest absolute Gasteiger partial charge is 0.381 e. The normalized spacial score (nSPS) is 33.5. The van der Waals surface area contributed by atoms with E-state index in [4.69, 9.17) is 4.74 Å². The molecule has 0 spiro atoms. The molecule has 2 fully saturated rings. The molecular weight excluding hydrogens is 152 g/mol. The van der Waals surface area contributed by atoms with Gasteiger partial charge in [-0.05, 0) is 18.8 Å². The Morgan fingerprint density at radius 3 is 2.08 bits per heavy atom. The van der Waals surface area contributed by atoms with Crippen LogP contribution >= 0.6 is 0 Å². The summed E-state index contributed by atoms with van der Waals surface area (Å²) in [6.45, 7) is 4.29. The fourth-order valence-electron chi connectivity index (χ4n) is 1.63. The first-order valence-electron chi connectivity index (χ1n) is 4.95. The average molecular weight is 172 g/mol. The van der Waals surface area contributed by atoms with Crippen LogP contribution in [0, 0.1) is 5.92 Å². The summed E-state index contributed by atoms with van der Waals surface area (Å²) in [6.07, 6.45) is 5.96. The van der Waals surface area contributed by atoms with E-state index >= 15 is 0 Å². The van der Waals surface area contributed by atoms with E-state index in [1.165, 1.54) is 25.7 Å². The second kappa shape index (κ2) is 5.55. The maximum Gasteiger partial charge on any atom is 0.0701 e. The maximum atomic E-state index is 5.30. The molecule has 1 saturated heterocycles. The van der Waals surface area contributed by atoms with Crippen LogP contribution in [0.3, 0.4) is 0 Å². The van der Waals surface area contributed by atoms with Crippen molar-refractivity contribution in [1.82, 2.24) is 0 Å². The molecule has 1 aliphatic heterocycles. The van der Waals surface area contributed by atoms with E-state index in [2.05, 4.69) is 11.7 Å². The molecule has 2 unspecified atom stereocenters. The van der Waals surface area contributed by atoms with Crippen LogP contribution in [0.1, 0.15) is 32.6 Å². The molecule has 0 N–H and O–H groups in total. The molecule has 72 valence electrons. The second-order valence-electron chi connectivity index (χ2n) is 3.65. The first-order valence-corrected chi connectivity index (χ1v) is 4.95. The summed E-state index contributed by atoms with van der Waals surface area (Å²) in [5.74, 6) is 0.795. The zero-order chi connectivity index (χ0) is 8.81. The van der Waals surface area contributed by atoms with Crippen molar-refractivity contribution in [2.75, 3.05) is 20.3 Å². The van der Waals surface area contributed by atoms with Gasteiger partial charge in [-0.3, -0.25) is 0 Å². The van der Waals surface area contributed by atoms with Gasteiger partial charge >= 0.3 is 0 Å². The number of methoxy groups -OCH3 is 1. The third-order valence-corrected chi connectivity index (χ3v) is 2.54. The summed E-state index contributed by atoms with van der Waals surface area (Å²) in [6, 6.07) is 0. The molecule has 2 heteroatoms. The van der Waals surface area contributed by atoms with Gasteiger partial charge in [-0.25, -0.2) is 0 Å². The van der Waals surface area contributed by atoms with Crippen molar-refractivity contribution in [3.05, 3.63) is 0 Å². The Bertz CT molecular complexity index is 110.